The van der Waals surface area contributed by atoms with Crippen molar-refractivity contribution < 1.29 is 19.1 Å². The number of hydrogen-bond acceptors (Lipinski definition) is 6. The van der Waals surface area contributed by atoms with Gasteiger partial charge < -0.3 is 14.8 Å². The van der Waals surface area contributed by atoms with Crippen LogP contribution < -0.4 is 5.32 Å². The van der Waals surface area contributed by atoms with Crippen molar-refractivity contribution in [2.24, 2.45) is 0 Å². The predicted octanol–water partition coefficient (Wildman–Crippen LogP) is 2.86. The van der Waals surface area contributed by atoms with E-state index in [9.17, 15) is 9.59 Å². The fourth-order valence-corrected chi connectivity index (χ4v) is 2.03. The van der Waals surface area contributed by atoms with Crippen molar-refractivity contribution >= 4 is 29.5 Å². The van der Waals surface area contributed by atoms with E-state index in [2.05, 4.69) is 15.0 Å². The Labute approximate surface area is 128 Å². The highest BCUT2D eigenvalue weighted by atomic mass is 32.1. The van der Waals surface area contributed by atoms with Crippen LogP contribution in [0.1, 0.15) is 42.7 Å². The van der Waals surface area contributed by atoms with E-state index in [1.807, 2.05) is 26.8 Å². The Hall–Kier alpha value is -1.89. The van der Waals surface area contributed by atoms with Crippen LogP contribution in [0, 0.1) is 0 Å². The Bertz CT molecular complexity index is 517. The summed E-state index contributed by atoms with van der Waals surface area (Å²) in [4.78, 5) is 26.7. The Balaban J connectivity index is 2.31. The quantitative estimate of drug-likeness (QED) is 0.668. The number of alkyl carbamates (subject to hydrolysis) is 1. The summed E-state index contributed by atoms with van der Waals surface area (Å²) < 4.78 is 9.69. The second kappa shape index (κ2) is 7.78. The minimum Gasteiger partial charge on any atom is -0.464 e. The molecule has 1 rings (SSSR count). The number of carbonyl (C=O) groups is 2. The second-order valence-electron chi connectivity index (χ2n) is 5.18. The number of nitrogens with zero attached hydrogens (tertiary/aromatic N) is 1. The van der Waals surface area contributed by atoms with Crippen LogP contribution in [0.15, 0.2) is 11.5 Å². The molecule has 1 heterocycles. The number of rotatable bonds is 5. The Morgan fingerprint density at radius 3 is 2.76 bits per heavy atom. The van der Waals surface area contributed by atoms with E-state index < -0.39 is 17.7 Å². The molecule has 0 saturated heterocycles. The van der Waals surface area contributed by atoms with E-state index >= 15 is 0 Å². The van der Waals surface area contributed by atoms with Crippen LogP contribution in [0.4, 0.5) is 4.79 Å². The van der Waals surface area contributed by atoms with E-state index in [0.717, 1.165) is 0 Å². The average Bonchev–Trinajstić information content (AvgIpc) is 2.84. The molecule has 7 heteroatoms. The second-order valence-corrected chi connectivity index (χ2v) is 6.07. The van der Waals surface area contributed by atoms with E-state index in [4.69, 9.17) is 4.74 Å². The third-order valence-electron chi connectivity index (χ3n) is 2.16. The zero-order valence-corrected chi connectivity index (χ0v) is 13.5. The maximum atomic E-state index is 11.4. The number of nitrogens with one attached hydrogen (secondary N) is 1. The molecule has 1 aromatic heterocycles. The van der Waals surface area contributed by atoms with Crippen LogP contribution in [0.3, 0.4) is 0 Å². The summed E-state index contributed by atoms with van der Waals surface area (Å²) in [5.74, 6) is -0.447. The fourth-order valence-electron chi connectivity index (χ4n) is 1.32. The molecular formula is C14H20N2O4S. The van der Waals surface area contributed by atoms with Crippen molar-refractivity contribution in [3.05, 3.63) is 22.2 Å². The molecule has 6 nitrogen and oxygen atoms in total. The number of aromatic nitrogens is 1. The average molecular weight is 312 g/mol. The van der Waals surface area contributed by atoms with Crippen molar-refractivity contribution in [2.75, 3.05) is 13.7 Å². The highest BCUT2D eigenvalue weighted by Crippen LogP contribution is 2.12. The lowest BCUT2D eigenvalue weighted by atomic mass is 10.2. The summed E-state index contributed by atoms with van der Waals surface area (Å²) in [7, 11) is 1.32. The molecule has 0 aliphatic rings. The molecule has 0 atom stereocenters. The van der Waals surface area contributed by atoms with Gasteiger partial charge in [0.05, 0.1) is 7.11 Å². The van der Waals surface area contributed by atoms with Crippen molar-refractivity contribution in [3.63, 3.8) is 0 Å². The number of ether oxygens (including phenoxy) is 2. The minimum absolute atomic E-state index is 0.300. The summed E-state index contributed by atoms with van der Waals surface area (Å²) >= 11 is 1.35. The maximum Gasteiger partial charge on any atom is 0.407 e. The van der Waals surface area contributed by atoms with Crippen molar-refractivity contribution in [1.82, 2.24) is 10.3 Å². The summed E-state index contributed by atoms with van der Waals surface area (Å²) in [6.07, 6.45) is 3.88. The SMILES string of the molecule is COC(=O)c1csc(C=CCCNC(=O)OC(C)(C)C)n1. The van der Waals surface area contributed by atoms with Gasteiger partial charge in [0.15, 0.2) is 5.69 Å². The normalized spacial score (nSPS) is 11.4. The number of thiazole rings is 1. The largest absolute Gasteiger partial charge is 0.464 e. The van der Waals surface area contributed by atoms with Crippen molar-refractivity contribution in [2.45, 2.75) is 32.8 Å². The molecule has 0 fully saturated rings. The number of hydrogen-bond donors (Lipinski definition) is 1. The molecule has 1 N–H and O–H groups in total. The third-order valence-corrected chi connectivity index (χ3v) is 2.97. The van der Waals surface area contributed by atoms with Crippen LogP contribution in [-0.4, -0.2) is 36.3 Å². The van der Waals surface area contributed by atoms with Gasteiger partial charge in [-0.1, -0.05) is 6.08 Å². The van der Waals surface area contributed by atoms with Gasteiger partial charge in [-0.3, -0.25) is 0 Å². The zero-order valence-electron chi connectivity index (χ0n) is 12.6. The van der Waals surface area contributed by atoms with E-state index in [-0.39, 0.29) is 0 Å². The number of carbonyl (C=O) groups excluding carboxylic acids is 2. The maximum absolute atomic E-state index is 11.4. The summed E-state index contributed by atoms with van der Waals surface area (Å²) in [6, 6.07) is 0. The van der Waals surface area contributed by atoms with Crippen molar-refractivity contribution in [3.8, 4) is 0 Å². The molecular weight excluding hydrogens is 292 g/mol. The highest BCUT2D eigenvalue weighted by molar-refractivity contribution is 7.10. The molecule has 0 aromatic carbocycles. The molecule has 0 saturated carbocycles. The summed E-state index contributed by atoms with van der Waals surface area (Å²) in [5.41, 5.74) is -0.195. The van der Waals surface area contributed by atoms with Gasteiger partial charge >= 0.3 is 12.1 Å². The first-order valence-corrected chi connectivity index (χ1v) is 7.37. The molecule has 116 valence electrons. The van der Waals surface area contributed by atoms with E-state index in [0.29, 0.717) is 23.7 Å². The lowest BCUT2D eigenvalue weighted by Gasteiger charge is -2.19. The standard InChI is InChI=1S/C14H20N2O4S/c1-14(2,3)20-13(18)15-8-6-5-7-11-16-10(9-21-11)12(17)19-4/h5,7,9H,6,8H2,1-4H3,(H,15,18). The van der Waals surface area contributed by atoms with Gasteiger partial charge in [0.25, 0.3) is 0 Å². The molecule has 0 unspecified atom stereocenters. The van der Waals surface area contributed by atoms with Gasteiger partial charge in [-0.25, -0.2) is 14.6 Å². The van der Waals surface area contributed by atoms with Crippen LogP contribution in [-0.2, 0) is 9.47 Å². The smallest absolute Gasteiger partial charge is 0.407 e. The molecule has 1 aromatic rings. The van der Waals surface area contributed by atoms with Gasteiger partial charge in [0.1, 0.15) is 10.6 Å². The van der Waals surface area contributed by atoms with E-state index in [1.54, 1.807) is 11.5 Å². The monoisotopic (exact) mass is 312 g/mol. The molecule has 0 aliphatic heterocycles. The first kappa shape index (κ1) is 17.2. The molecule has 0 spiro atoms. The third kappa shape index (κ3) is 6.89. The zero-order chi connectivity index (χ0) is 15.9. The molecule has 0 radical (unpaired) electrons. The summed E-state index contributed by atoms with van der Waals surface area (Å²) in [6.45, 7) is 5.91. The molecule has 1 amide bonds. The van der Waals surface area contributed by atoms with Crippen molar-refractivity contribution in [1.29, 1.82) is 0 Å². The highest BCUT2D eigenvalue weighted by Gasteiger charge is 2.15. The Morgan fingerprint density at radius 1 is 1.43 bits per heavy atom. The summed E-state index contributed by atoms with van der Waals surface area (Å²) in [5, 5.41) is 5.01. The molecule has 0 aliphatic carbocycles. The van der Waals surface area contributed by atoms with Crippen LogP contribution >= 0.6 is 11.3 Å². The van der Waals surface area contributed by atoms with Gasteiger partial charge in [-0.2, -0.15) is 0 Å². The number of amides is 1. The van der Waals surface area contributed by atoms with Gasteiger partial charge in [-0.05, 0) is 33.3 Å². The predicted molar refractivity (Wildman–Crippen MR) is 81.3 cm³/mol. The topological polar surface area (TPSA) is 77.5 Å². The van der Waals surface area contributed by atoms with Crippen LogP contribution in [0.5, 0.6) is 0 Å². The Morgan fingerprint density at radius 2 is 2.14 bits per heavy atom. The van der Waals surface area contributed by atoms with Crippen LogP contribution in [0.25, 0.3) is 6.08 Å². The molecule has 0 bridgehead atoms. The molecule has 21 heavy (non-hydrogen) atoms. The lowest BCUT2D eigenvalue weighted by molar-refractivity contribution is 0.0527. The van der Waals surface area contributed by atoms with Crippen LogP contribution in [0.2, 0.25) is 0 Å². The number of methoxy groups -OCH3 is 1. The van der Waals surface area contributed by atoms with Gasteiger partial charge in [0, 0.05) is 11.9 Å². The number of esters is 1. The minimum atomic E-state index is -0.495. The van der Waals surface area contributed by atoms with E-state index in [1.165, 1.54) is 18.4 Å². The Kier molecular flexibility index (Phi) is 6.36. The fraction of sp³-hybridized carbons (Fsp3) is 0.500. The first-order valence-electron chi connectivity index (χ1n) is 6.49. The lowest BCUT2D eigenvalue weighted by Crippen LogP contribution is -2.32. The first-order chi connectivity index (χ1) is 9.81. The van der Waals surface area contributed by atoms with Gasteiger partial charge in [-0.15, -0.1) is 11.3 Å². The van der Waals surface area contributed by atoms with Gasteiger partial charge in [0.2, 0.25) is 0 Å².